The molecule has 4 heteroatoms. The van der Waals surface area contributed by atoms with Crippen molar-refractivity contribution >= 4 is 17.5 Å². The predicted octanol–water partition coefficient (Wildman–Crippen LogP) is 0.573. The fourth-order valence-corrected chi connectivity index (χ4v) is 1.23. The minimum Gasteiger partial charge on any atom is -0.355 e. The second-order valence-electron chi connectivity index (χ2n) is 2.60. The molecule has 0 aromatic carbocycles. The van der Waals surface area contributed by atoms with Crippen molar-refractivity contribution in [2.75, 3.05) is 12.9 Å². The molecule has 0 saturated heterocycles. The number of alkyl halides is 1. The molecule has 0 spiro atoms. The van der Waals surface area contributed by atoms with E-state index in [1.807, 2.05) is 16.8 Å². The van der Waals surface area contributed by atoms with Gasteiger partial charge in [0.1, 0.15) is 5.56 Å². The number of hydrogen-bond acceptors (Lipinski definition) is 1. The fraction of sp³-hybridized carbons (Fsp3) is 0.333. The van der Waals surface area contributed by atoms with Crippen LogP contribution in [0.4, 0.5) is 0 Å². The van der Waals surface area contributed by atoms with Crippen LogP contribution < -0.4 is 9.88 Å². The van der Waals surface area contributed by atoms with E-state index in [-0.39, 0.29) is 5.91 Å². The zero-order valence-electron chi connectivity index (χ0n) is 7.46. The van der Waals surface area contributed by atoms with Crippen LogP contribution in [0.15, 0.2) is 24.5 Å². The van der Waals surface area contributed by atoms with Gasteiger partial charge >= 0.3 is 0 Å². The molecule has 1 amide bonds. The van der Waals surface area contributed by atoms with Crippen LogP contribution in [0.2, 0.25) is 0 Å². The quantitative estimate of drug-likeness (QED) is 0.561. The summed E-state index contributed by atoms with van der Waals surface area (Å²) in [5, 5.41) is 2.57. The summed E-state index contributed by atoms with van der Waals surface area (Å²) in [7, 11) is 1.61. The largest absolute Gasteiger partial charge is 0.355 e. The van der Waals surface area contributed by atoms with Gasteiger partial charge in [0.05, 0.1) is 5.88 Å². The Hall–Kier alpha value is -1.09. The summed E-state index contributed by atoms with van der Waals surface area (Å²) >= 11 is 5.58. The van der Waals surface area contributed by atoms with E-state index in [0.29, 0.717) is 18.0 Å². The van der Waals surface area contributed by atoms with E-state index in [2.05, 4.69) is 5.32 Å². The van der Waals surface area contributed by atoms with Crippen LogP contribution in [0.25, 0.3) is 0 Å². The number of hydrogen-bond donors (Lipinski definition) is 1. The highest BCUT2D eigenvalue weighted by Crippen LogP contribution is 1.93. The first-order valence-electron chi connectivity index (χ1n) is 4.05. The van der Waals surface area contributed by atoms with Crippen LogP contribution in [0, 0.1) is 0 Å². The Labute approximate surface area is 82.3 Å². The average Bonchev–Trinajstić information content (AvgIpc) is 2.18. The molecule has 0 bridgehead atoms. The van der Waals surface area contributed by atoms with Crippen molar-refractivity contribution in [3.05, 3.63) is 30.1 Å². The molecule has 1 aromatic heterocycles. The Bertz CT molecular complexity index is 301. The van der Waals surface area contributed by atoms with E-state index in [0.717, 1.165) is 0 Å². The molecule has 1 aromatic rings. The standard InChI is InChI=1S/C9H11ClN2O/c1-11-9(13)8-3-2-5-12(7-8)6-4-10/h2-3,5,7H,4,6H2,1H3/p+1. The molecule has 1 N–H and O–H groups in total. The molecular weight excluding hydrogens is 188 g/mol. The highest BCUT2D eigenvalue weighted by Gasteiger charge is 2.07. The van der Waals surface area contributed by atoms with Crippen molar-refractivity contribution in [3.63, 3.8) is 0 Å². The number of nitrogens with zero attached hydrogens (tertiary/aromatic N) is 1. The van der Waals surface area contributed by atoms with Crippen LogP contribution in [-0.2, 0) is 6.54 Å². The maximum absolute atomic E-state index is 11.2. The SMILES string of the molecule is CNC(=O)c1ccc[n+](CCCl)c1. The Morgan fingerprint density at radius 3 is 3.08 bits per heavy atom. The third-order valence-corrected chi connectivity index (χ3v) is 1.86. The van der Waals surface area contributed by atoms with E-state index in [9.17, 15) is 4.79 Å². The molecule has 1 rings (SSSR count). The van der Waals surface area contributed by atoms with E-state index in [4.69, 9.17) is 11.6 Å². The number of amides is 1. The first kappa shape index (κ1) is 9.99. The highest BCUT2D eigenvalue weighted by molar-refractivity contribution is 6.17. The maximum atomic E-state index is 11.2. The van der Waals surface area contributed by atoms with Crippen molar-refractivity contribution in [2.24, 2.45) is 0 Å². The van der Waals surface area contributed by atoms with Crippen LogP contribution >= 0.6 is 11.6 Å². The van der Waals surface area contributed by atoms with E-state index in [1.165, 1.54) is 0 Å². The third kappa shape index (κ3) is 2.70. The van der Waals surface area contributed by atoms with E-state index >= 15 is 0 Å². The Morgan fingerprint density at radius 1 is 1.69 bits per heavy atom. The Balaban J connectivity index is 2.85. The predicted molar refractivity (Wildman–Crippen MR) is 50.7 cm³/mol. The van der Waals surface area contributed by atoms with Gasteiger partial charge in [-0.15, -0.1) is 11.6 Å². The second kappa shape index (κ2) is 4.82. The van der Waals surface area contributed by atoms with Gasteiger partial charge in [-0.1, -0.05) is 0 Å². The number of rotatable bonds is 3. The lowest BCUT2D eigenvalue weighted by Gasteiger charge is -1.97. The third-order valence-electron chi connectivity index (χ3n) is 1.69. The number of aryl methyl sites for hydroxylation is 1. The maximum Gasteiger partial charge on any atom is 0.257 e. The summed E-state index contributed by atoms with van der Waals surface area (Å²) in [5.41, 5.74) is 0.648. The number of carbonyl (C=O) groups excluding carboxylic acids is 1. The van der Waals surface area contributed by atoms with E-state index in [1.54, 1.807) is 19.3 Å². The van der Waals surface area contributed by atoms with Gasteiger partial charge < -0.3 is 5.32 Å². The summed E-state index contributed by atoms with van der Waals surface area (Å²) in [5.74, 6) is 0.464. The molecular formula is C9H12ClN2O+. The summed E-state index contributed by atoms with van der Waals surface area (Å²) in [6, 6.07) is 3.60. The number of halogens is 1. The van der Waals surface area contributed by atoms with Crippen molar-refractivity contribution in [1.29, 1.82) is 0 Å². The minimum absolute atomic E-state index is 0.0797. The molecule has 0 saturated carbocycles. The normalized spacial score (nSPS) is 9.69. The van der Waals surface area contributed by atoms with Crippen LogP contribution in [0.3, 0.4) is 0 Å². The van der Waals surface area contributed by atoms with Gasteiger partial charge in [0.2, 0.25) is 0 Å². The molecule has 70 valence electrons. The molecule has 3 nitrogen and oxygen atoms in total. The molecule has 13 heavy (non-hydrogen) atoms. The van der Waals surface area contributed by atoms with Gasteiger partial charge in [-0.25, -0.2) is 4.57 Å². The van der Waals surface area contributed by atoms with Gasteiger partial charge in [0.25, 0.3) is 5.91 Å². The molecule has 0 atom stereocenters. The molecule has 0 unspecified atom stereocenters. The Morgan fingerprint density at radius 2 is 2.46 bits per heavy atom. The molecule has 0 aliphatic heterocycles. The Kier molecular flexibility index (Phi) is 3.71. The number of nitrogens with one attached hydrogen (secondary N) is 1. The lowest BCUT2D eigenvalue weighted by Crippen LogP contribution is -2.35. The number of carbonyl (C=O) groups is 1. The first-order valence-corrected chi connectivity index (χ1v) is 4.58. The number of pyridine rings is 1. The zero-order valence-corrected chi connectivity index (χ0v) is 8.21. The van der Waals surface area contributed by atoms with Crippen molar-refractivity contribution < 1.29 is 9.36 Å². The van der Waals surface area contributed by atoms with Crippen molar-refractivity contribution in [3.8, 4) is 0 Å². The van der Waals surface area contributed by atoms with Crippen molar-refractivity contribution in [1.82, 2.24) is 5.32 Å². The summed E-state index contributed by atoms with van der Waals surface area (Å²) in [4.78, 5) is 11.2. The van der Waals surface area contributed by atoms with Gasteiger partial charge in [0.15, 0.2) is 18.9 Å². The number of aromatic nitrogens is 1. The van der Waals surface area contributed by atoms with Crippen LogP contribution in [-0.4, -0.2) is 18.8 Å². The molecule has 1 heterocycles. The lowest BCUT2D eigenvalue weighted by atomic mass is 10.2. The minimum atomic E-state index is -0.0797. The fourth-order valence-electron chi connectivity index (χ4n) is 1.04. The van der Waals surface area contributed by atoms with E-state index < -0.39 is 0 Å². The first-order chi connectivity index (χ1) is 6.27. The topological polar surface area (TPSA) is 33.0 Å². The summed E-state index contributed by atoms with van der Waals surface area (Å²) in [6.07, 6.45) is 3.66. The van der Waals surface area contributed by atoms with Gasteiger partial charge in [-0.2, -0.15) is 0 Å². The zero-order chi connectivity index (χ0) is 9.68. The summed E-state index contributed by atoms with van der Waals surface area (Å²) in [6.45, 7) is 0.715. The average molecular weight is 200 g/mol. The molecule has 0 radical (unpaired) electrons. The molecule has 0 aliphatic carbocycles. The van der Waals surface area contributed by atoms with Crippen molar-refractivity contribution in [2.45, 2.75) is 6.54 Å². The van der Waals surface area contributed by atoms with Gasteiger partial charge in [0, 0.05) is 13.1 Å². The highest BCUT2D eigenvalue weighted by atomic mass is 35.5. The van der Waals surface area contributed by atoms with Gasteiger partial charge in [-0.05, 0) is 6.07 Å². The van der Waals surface area contributed by atoms with Crippen LogP contribution in [0.5, 0.6) is 0 Å². The lowest BCUT2D eigenvalue weighted by molar-refractivity contribution is -0.692. The van der Waals surface area contributed by atoms with Gasteiger partial charge in [-0.3, -0.25) is 4.79 Å². The van der Waals surface area contributed by atoms with Crippen LogP contribution in [0.1, 0.15) is 10.4 Å². The summed E-state index contributed by atoms with van der Waals surface area (Å²) < 4.78 is 1.89. The monoisotopic (exact) mass is 199 g/mol. The smallest absolute Gasteiger partial charge is 0.257 e. The molecule has 0 aliphatic rings. The second-order valence-corrected chi connectivity index (χ2v) is 2.98. The molecule has 0 fully saturated rings.